The lowest BCUT2D eigenvalue weighted by molar-refractivity contribution is 0.0693. The van der Waals surface area contributed by atoms with Crippen LogP contribution in [0.15, 0.2) is 24.3 Å². The van der Waals surface area contributed by atoms with Crippen LogP contribution in [0.25, 0.3) is 0 Å². The van der Waals surface area contributed by atoms with E-state index in [9.17, 15) is 9.59 Å². The summed E-state index contributed by atoms with van der Waals surface area (Å²) in [5.74, 6) is -1.02. The topological polar surface area (TPSA) is 75.6 Å². The van der Waals surface area contributed by atoms with Crippen LogP contribution >= 0.6 is 0 Å². The number of rotatable bonds is 2. The minimum absolute atomic E-state index is 0.135. The number of carbonyl (C=O) groups is 2. The predicted octanol–water partition coefficient (Wildman–Crippen LogP) is 1.34. The van der Waals surface area contributed by atoms with Crippen molar-refractivity contribution in [2.24, 2.45) is 0 Å². The molecule has 1 unspecified atom stereocenters. The van der Waals surface area contributed by atoms with Crippen LogP contribution < -0.4 is 5.32 Å². The van der Waals surface area contributed by atoms with E-state index in [1.807, 2.05) is 0 Å². The van der Waals surface area contributed by atoms with Gasteiger partial charge < -0.3 is 15.2 Å². The number of aromatic carboxylic acids is 1. The van der Waals surface area contributed by atoms with Crippen molar-refractivity contribution in [2.45, 2.75) is 12.5 Å². The van der Waals surface area contributed by atoms with Gasteiger partial charge in [-0.1, -0.05) is 18.2 Å². The number of ether oxygens (including phenoxy) is 1. The Morgan fingerprint density at radius 3 is 2.75 bits per heavy atom. The van der Waals surface area contributed by atoms with Gasteiger partial charge in [0.2, 0.25) is 0 Å². The number of carbonyl (C=O) groups excluding carboxylic acids is 1. The van der Waals surface area contributed by atoms with E-state index in [4.69, 9.17) is 9.84 Å². The van der Waals surface area contributed by atoms with Gasteiger partial charge in [0.15, 0.2) is 0 Å². The lowest BCUT2D eigenvalue weighted by Crippen LogP contribution is -2.38. The zero-order chi connectivity index (χ0) is 11.8. The normalized spacial score (nSPS) is 23.7. The molecule has 0 radical (unpaired) electrons. The number of alkyl carbamates (subject to hydrolysis) is 1. The minimum Gasteiger partial charge on any atom is -0.478 e. The lowest BCUT2D eigenvalue weighted by Gasteiger charge is -2.23. The van der Waals surface area contributed by atoms with Gasteiger partial charge in [-0.15, -0.1) is 0 Å². The number of hydrogen-bond donors (Lipinski definition) is 2. The van der Waals surface area contributed by atoms with Crippen LogP contribution in [-0.4, -0.2) is 23.8 Å². The van der Waals surface area contributed by atoms with Crippen molar-refractivity contribution in [3.05, 3.63) is 35.4 Å². The summed E-state index contributed by atoms with van der Waals surface area (Å²) >= 11 is 0. The Morgan fingerprint density at radius 2 is 2.19 bits per heavy atom. The van der Waals surface area contributed by atoms with Crippen molar-refractivity contribution >= 4 is 12.1 Å². The highest BCUT2D eigenvalue weighted by Gasteiger charge is 2.38. The highest BCUT2D eigenvalue weighted by Crippen LogP contribution is 2.28. The zero-order valence-electron chi connectivity index (χ0n) is 8.69. The Balaban J connectivity index is 2.47. The Labute approximate surface area is 92.0 Å². The molecule has 1 aromatic carbocycles. The molecule has 5 heteroatoms. The molecule has 0 aliphatic carbocycles. The molecule has 0 spiro atoms. The fraction of sp³-hybridized carbons (Fsp3) is 0.273. The average Bonchev–Trinajstić information content (AvgIpc) is 2.60. The van der Waals surface area contributed by atoms with Gasteiger partial charge in [0, 0.05) is 0 Å². The smallest absolute Gasteiger partial charge is 0.408 e. The summed E-state index contributed by atoms with van der Waals surface area (Å²) in [7, 11) is 0. The molecular formula is C11H11NO4. The summed E-state index contributed by atoms with van der Waals surface area (Å²) in [6.45, 7) is 1.87. The molecule has 1 atom stereocenters. The van der Waals surface area contributed by atoms with Gasteiger partial charge >= 0.3 is 12.1 Å². The number of nitrogens with one attached hydrogen (secondary N) is 1. The molecule has 0 aromatic heterocycles. The Bertz CT molecular complexity index is 457. The Kier molecular flexibility index (Phi) is 2.30. The van der Waals surface area contributed by atoms with E-state index in [0.717, 1.165) is 0 Å². The maximum Gasteiger partial charge on any atom is 0.408 e. The van der Waals surface area contributed by atoms with E-state index in [2.05, 4.69) is 5.32 Å². The molecule has 1 aliphatic heterocycles. The van der Waals surface area contributed by atoms with E-state index in [-0.39, 0.29) is 12.2 Å². The van der Waals surface area contributed by atoms with Crippen LogP contribution in [0.3, 0.4) is 0 Å². The molecule has 1 amide bonds. The van der Waals surface area contributed by atoms with Gasteiger partial charge in [-0.3, -0.25) is 0 Å². The van der Waals surface area contributed by atoms with E-state index >= 15 is 0 Å². The number of benzene rings is 1. The van der Waals surface area contributed by atoms with Crippen molar-refractivity contribution in [2.75, 3.05) is 6.61 Å². The number of cyclic esters (lactones) is 1. The summed E-state index contributed by atoms with van der Waals surface area (Å²) < 4.78 is 4.81. The van der Waals surface area contributed by atoms with Gasteiger partial charge in [-0.2, -0.15) is 0 Å². The SMILES string of the molecule is CC1(c2ccccc2C(=O)O)COC(=O)N1. The largest absolute Gasteiger partial charge is 0.478 e. The number of hydrogen-bond acceptors (Lipinski definition) is 3. The lowest BCUT2D eigenvalue weighted by atomic mass is 9.89. The molecular weight excluding hydrogens is 210 g/mol. The Morgan fingerprint density at radius 1 is 1.50 bits per heavy atom. The summed E-state index contributed by atoms with van der Waals surface area (Å²) in [5, 5.41) is 11.7. The monoisotopic (exact) mass is 221 g/mol. The highest BCUT2D eigenvalue weighted by atomic mass is 16.6. The second-order valence-corrected chi connectivity index (χ2v) is 3.88. The summed E-state index contributed by atoms with van der Waals surface area (Å²) in [5.41, 5.74) is -0.0457. The first-order chi connectivity index (χ1) is 7.53. The predicted molar refractivity (Wildman–Crippen MR) is 55.2 cm³/mol. The van der Waals surface area contributed by atoms with Crippen molar-refractivity contribution in [1.29, 1.82) is 0 Å². The quantitative estimate of drug-likeness (QED) is 0.790. The van der Waals surface area contributed by atoms with Crippen molar-refractivity contribution in [3.63, 3.8) is 0 Å². The summed E-state index contributed by atoms with van der Waals surface area (Å²) in [6.07, 6.45) is -0.525. The number of amides is 1. The molecule has 84 valence electrons. The number of carboxylic acids is 1. The average molecular weight is 221 g/mol. The molecule has 0 saturated carbocycles. The molecule has 1 aliphatic rings. The van der Waals surface area contributed by atoms with Crippen molar-refractivity contribution < 1.29 is 19.4 Å². The Hall–Kier alpha value is -2.04. The molecule has 1 saturated heterocycles. The minimum atomic E-state index is -1.02. The third-order valence-electron chi connectivity index (χ3n) is 2.62. The molecule has 2 rings (SSSR count). The third kappa shape index (κ3) is 1.60. The molecule has 1 fully saturated rings. The van der Waals surface area contributed by atoms with E-state index < -0.39 is 17.6 Å². The standard InChI is InChI=1S/C11H11NO4/c1-11(6-16-10(15)12-11)8-5-3-2-4-7(8)9(13)14/h2-5H,6H2,1H3,(H,12,15)(H,13,14). The second-order valence-electron chi connectivity index (χ2n) is 3.88. The first-order valence-electron chi connectivity index (χ1n) is 4.81. The zero-order valence-corrected chi connectivity index (χ0v) is 8.69. The second kappa shape index (κ2) is 3.52. The maximum absolute atomic E-state index is 11.0. The molecule has 5 nitrogen and oxygen atoms in total. The highest BCUT2D eigenvalue weighted by molar-refractivity contribution is 5.90. The van der Waals surface area contributed by atoms with Gasteiger partial charge in [0.25, 0.3) is 0 Å². The third-order valence-corrected chi connectivity index (χ3v) is 2.62. The number of carboxylic acid groups (broad SMARTS) is 1. The first-order valence-corrected chi connectivity index (χ1v) is 4.81. The fourth-order valence-electron chi connectivity index (χ4n) is 1.80. The van der Waals surface area contributed by atoms with Crippen LogP contribution in [0.4, 0.5) is 4.79 Å². The molecule has 1 heterocycles. The van der Waals surface area contributed by atoms with Gasteiger partial charge in [-0.05, 0) is 18.6 Å². The van der Waals surface area contributed by atoms with Crippen LogP contribution in [-0.2, 0) is 10.3 Å². The molecule has 16 heavy (non-hydrogen) atoms. The van der Waals surface area contributed by atoms with Gasteiger partial charge in [0.1, 0.15) is 12.1 Å². The van der Waals surface area contributed by atoms with Gasteiger partial charge in [0.05, 0.1) is 5.56 Å². The summed E-state index contributed by atoms with van der Waals surface area (Å²) in [4.78, 5) is 22.1. The van der Waals surface area contributed by atoms with Crippen LogP contribution in [0.2, 0.25) is 0 Å². The van der Waals surface area contributed by atoms with Gasteiger partial charge in [-0.25, -0.2) is 9.59 Å². The van der Waals surface area contributed by atoms with Crippen molar-refractivity contribution in [1.82, 2.24) is 5.32 Å². The van der Waals surface area contributed by atoms with Crippen LogP contribution in [0, 0.1) is 0 Å². The molecule has 0 bridgehead atoms. The van der Waals surface area contributed by atoms with Crippen molar-refractivity contribution in [3.8, 4) is 0 Å². The first kappa shape index (κ1) is 10.5. The maximum atomic E-state index is 11.0. The van der Waals surface area contributed by atoms with E-state index in [1.54, 1.807) is 25.1 Å². The molecule has 1 aromatic rings. The van der Waals surface area contributed by atoms with E-state index in [0.29, 0.717) is 5.56 Å². The fourth-order valence-corrected chi connectivity index (χ4v) is 1.80. The summed E-state index contributed by atoms with van der Waals surface area (Å²) in [6, 6.07) is 6.57. The van der Waals surface area contributed by atoms with E-state index in [1.165, 1.54) is 6.07 Å². The van der Waals surface area contributed by atoms with Crippen LogP contribution in [0.1, 0.15) is 22.8 Å². The molecule has 2 N–H and O–H groups in total. The van der Waals surface area contributed by atoms with Crippen LogP contribution in [0.5, 0.6) is 0 Å².